The van der Waals surface area contributed by atoms with Gasteiger partial charge in [-0.15, -0.1) is 0 Å². The van der Waals surface area contributed by atoms with Gasteiger partial charge in [0, 0.05) is 30.4 Å². The van der Waals surface area contributed by atoms with E-state index < -0.39 is 29.3 Å². The predicted molar refractivity (Wildman–Crippen MR) is 226 cm³/mol. The van der Waals surface area contributed by atoms with Crippen LogP contribution in [0.2, 0.25) is 0 Å². The van der Waals surface area contributed by atoms with Crippen molar-refractivity contribution in [2.45, 2.75) is 155 Å². The Kier molecular flexibility index (Phi) is 16.2. The van der Waals surface area contributed by atoms with Crippen molar-refractivity contribution < 1.29 is 53.4 Å². The molecule has 4 saturated carbocycles. The largest absolute Gasteiger partial charge is 0.507 e. The zero-order valence-corrected chi connectivity index (χ0v) is 37.2. The second-order valence-corrected chi connectivity index (χ2v) is 19.4. The molecule has 1 aromatic rings. The highest BCUT2D eigenvalue weighted by Crippen LogP contribution is 2.72. The first-order chi connectivity index (χ1) is 28.4. The molecule has 10 atom stereocenters. The van der Waals surface area contributed by atoms with Crippen molar-refractivity contribution in [1.82, 2.24) is 5.32 Å². The Bertz CT molecular complexity index is 1670. The molecule has 0 radical (unpaired) electrons. The first-order valence-electron chi connectivity index (χ1n) is 22.6. The van der Waals surface area contributed by atoms with Crippen LogP contribution in [0.1, 0.15) is 147 Å². The summed E-state index contributed by atoms with van der Waals surface area (Å²) >= 11 is 0. The number of phenols is 1. The summed E-state index contributed by atoms with van der Waals surface area (Å²) in [7, 11) is 1.34. The lowest BCUT2D eigenvalue weighted by atomic mass is 9.39. The maximum atomic E-state index is 13.5. The number of fused-ring (bicyclic) bond motifs is 5. The number of amides is 2. The number of benzene rings is 1. The number of aromatic hydroxyl groups is 1. The lowest BCUT2D eigenvalue weighted by molar-refractivity contribution is -0.232. The number of aliphatic hydroxyl groups excluding tert-OH is 1. The highest BCUT2D eigenvalue weighted by Gasteiger charge is 2.68. The Morgan fingerprint density at radius 3 is 2.40 bits per heavy atom. The van der Waals surface area contributed by atoms with E-state index in [1.807, 2.05) is 0 Å². The number of esters is 1. The van der Waals surface area contributed by atoms with E-state index in [1.165, 1.54) is 32.1 Å². The molecular formula is C47H74N2O11. The Morgan fingerprint density at radius 2 is 1.68 bits per heavy atom. The van der Waals surface area contributed by atoms with Crippen molar-refractivity contribution in [1.29, 1.82) is 0 Å². The zero-order valence-electron chi connectivity index (χ0n) is 37.2. The molecule has 13 nitrogen and oxygen atoms in total. The van der Waals surface area contributed by atoms with Gasteiger partial charge < -0.3 is 45.3 Å². The van der Waals surface area contributed by atoms with Gasteiger partial charge in [0.25, 0.3) is 5.91 Å². The molecule has 0 aromatic heterocycles. The van der Waals surface area contributed by atoms with Crippen molar-refractivity contribution in [3.05, 3.63) is 23.3 Å². The normalized spacial score (nSPS) is 31.9. The van der Waals surface area contributed by atoms with Gasteiger partial charge >= 0.3 is 5.97 Å². The highest BCUT2D eigenvalue weighted by atomic mass is 16.5. The second kappa shape index (κ2) is 20.3. The van der Waals surface area contributed by atoms with E-state index in [0.717, 1.165) is 64.2 Å². The van der Waals surface area contributed by atoms with Crippen LogP contribution in [-0.4, -0.2) is 96.8 Å². The van der Waals surface area contributed by atoms with Crippen molar-refractivity contribution >= 4 is 23.6 Å². The second-order valence-electron chi connectivity index (χ2n) is 19.4. The predicted octanol–water partition coefficient (Wildman–Crippen LogP) is 6.19. The molecule has 4 aliphatic carbocycles. The van der Waals surface area contributed by atoms with Crippen LogP contribution >= 0.6 is 0 Å². The molecule has 0 unspecified atom stereocenters. The van der Waals surface area contributed by atoms with E-state index >= 15 is 0 Å². The van der Waals surface area contributed by atoms with Gasteiger partial charge in [-0.3, -0.25) is 19.2 Å². The molecular weight excluding hydrogens is 769 g/mol. The van der Waals surface area contributed by atoms with Crippen molar-refractivity contribution in [2.75, 3.05) is 40.1 Å². The van der Waals surface area contributed by atoms with Gasteiger partial charge in [-0.2, -0.15) is 0 Å². The molecule has 338 valence electrons. The van der Waals surface area contributed by atoms with Gasteiger partial charge in [0.05, 0.1) is 45.1 Å². The average Bonchev–Trinajstić information content (AvgIpc) is 3.56. The summed E-state index contributed by atoms with van der Waals surface area (Å²) in [5.41, 5.74) is 4.24. The molecule has 60 heavy (non-hydrogen) atoms. The summed E-state index contributed by atoms with van der Waals surface area (Å²) in [6.45, 7) is 11.9. The number of primary amides is 1. The monoisotopic (exact) mass is 843 g/mol. The third-order valence-electron chi connectivity index (χ3n) is 15.8. The van der Waals surface area contributed by atoms with Crippen LogP contribution in [0.25, 0.3) is 0 Å². The number of unbranched alkanes of at least 4 members (excludes halogenated alkanes) is 3. The van der Waals surface area contributed by atoms with E-state index in [2.05, 4.69) is 39.9 Å². The highest BCUT2D eigenvalue weighted by molar-refractivity contribution is 5.99. The first-order valence-corrected chi connectivity index (χ1v) is 22.6. The fraction of sp³-hybridized carbons (Fsp3) is 0.787. The topological polar surface area (TPSA) is 204 Å². The molecule has 0 aliphatic heterocycles. The number of hydrogen-bond acceptors (Lipinski definition) is 11. The van der Waals surface area contributed by atoms with Gasteiger partial charge in [-0.1, -0.05) is 59.4 Å². The van der Waals surface area contributed by atoms with Crippen LogP contribution in [-0.2, 0) is 35.0 Å². The number of Topliss-reactive ketones (excluding diaryl/α,β-unsaturated/α-hetero) is 1. The molecule has 0 bridgehead atoms. The van der Waals surface area contributed by atoms with Crippen LogP contribution in [0.3, 0.4) is 0 Å². The van der Waals surface area contributed by atoms with Crippen molar-refractivity contribution in [3.8, 4) is 11.5 Å². The minimum Gasteiger partial charge on any atom is -0.507 e. The summed E-state index contributed by atoms with van der Waals surface area (Å²) in [4.78, 5) is 50.4. The number of carbonyl (C=O) groups excluding carboxylic acids is 4. The number of ketones is 1. The van der Waals surface area contributed by atoms with Gasteiger partial charge in [-0.05, 0) is 105 Å². The molecule has 0 spiro atoms. The molecule has 4 fully saturated rings. The fourth-order valence-corrected chi connectivity index (χ4v) is 12.5. The standard InChI is InChI=1S/C47H74N2O11/c1-7-8-9-10-19-47(5,56)37-14-12-34-33-27-38(46(4)28-31(50)17-21-45(46,3)35(33)18-20-44(34,37)2)60-40(53)16-15-39(52)49-22-23-58-24-25-59-29-32(51)26-30-11-13-36(57-6)41(42(30)54)43(48)55/h11,13,31,33-35,37-38,50,54,56H,7-10,12,14-29H2,1-6H3,(H2,48,55)(H,49,52)/t31-,33-,34-,35-,37-,38-,44-,45+,46+,47-/m0/s1. The summed E-state index contributed by atoms with van der Waals surface area (Å²) in [6, 6.07) is 2.95. The SMILES string of the molecule is CCCCCC[C@](C)(O)[C@H]1CC[C@H]2[C@@H]3C[C@H](OC(=O)CCC(=O)NCCOCCOCC(=O)Cc4ccc(OC)c(C(N)=O)c4O)[C@@]4(C)C[C@@H](O)CC[C@]4(C)[C@H]3CC[C@@]21C. The summed E-state index contributed by atoms with van der Waals surface area (Å²) in [5.74, 6) is -0.614. The summed E-state index contributed by atoms with van der Waals surface area (Å²) < 4.78 is 22.4. The van der Waals surface area contributed by atoms with E-state index in [4.69, 9.17) is 24.7 Å². The molecule has 0 heterocycles. The number of hydrogen-bond donors (Lipinski definition) is 5. The number of nitrogens with one attached hydrogen (secondary N) is 1. The van der Waals surface area contributed by atoms with E-state index in [-0.39, 0.29) is 109 Å². The number of carbonyl (C=O) groups is 4. The molecule has 13 heteroatoms. The smallest absolute Gasteiger partial charge is 0.306 e. The van der Waals surface area contributed by atoms with Crippen LogP contribution in [0.4, 0.5) is 0 Å². The molecule has 4 aliphatic rings. The van der Waals surface area contributed by atoms with Crippen molar-refractivity contribution in [2.24, 2.45) is 45.7 Å². The van der Waals surface area contributed by atoms with Gasteiger partial charge in [0.1, 0.15) is 29.8 Å². The molecule has 6 N–H and O–H groups in total. The summed E-state index contributed by atoms with van der Waals surface area (Å²) in [6.07, 6.45) is 11.7. The molecule has 0 saturated heterocycles. The van der Waals surface area contributed by atoms with Gasteiger partial charge in [0.2, 0.25) is 5.91 Å². The van der Waals surface area contributed by atoms with Crippen LogP contribution in [0, 0.1) is 39.9 Å². The van der Waals surface area contributed by atoms with Crippen LogP contribution in [0.15, 0.2) is 12.1 Å². The third kappa shape index (κ3) is 10.3. The van der Waals surface area contributed by atoms with Crippen LogP contribution in [0.5, 0.6) is 11.5 Å². The van der Waals surface area contributed by atoms with E-state index in [0.29, 0.717) is 24.2 Å². The fourth-order valence-electron chi connectivity index (χ4n) is 12.5. The average molecular weight is 843 g/mol. The molecule has 1 aromatic carbocycles. The Balaban J connectivity index is 1.06. The van der Waals surface area contributed by atoms with E-state index in [1.54, 1.807) is 0 Å². The maximum Gasteiger partial charge on any atom is 0.306 e. The molecule has 2 amide bonds. The number of rotatable bonds is 22. The quantitative estimate of drug-likeness (QED) is 0.0658. The number of methoxy groups -OCH3 is 1. The minimum absolute atomic E-state index is 0.0141. The van der Waals surface area contributed by atoms with Crippen LogP contribution < -0.4 is 15.8 Å². The van der Waals surface area contributed by atoms with Crippen molar-refractivity contribution in [3.63, 3.8) is 0 Å². The Labute approximate surface area is 357 Å². The lowest BCUT2D eigenvalue weighted by Gasteiger charge is -2.67. The summed E-state index contributed by atoms with van der Waals surface area (Å²) in [5, 5.41) is 36.1. The number of aliphatic hydroxyl groups is 2. The van der Waals surface area contributed by atoms with E-state index in [9.17, 15) is 34.5 Å². The zero-order chi connectivity index (χ0) is 43.9. The van der Waals surface area contributed by atoms with Gasteiger partial charge in [0.15, 0.2) is 5.78 Å². The van der Waals surface area contributed by atoms with Gasteiger partial charge in [-0.25, -0.2) is 0 Å². The lowest BCUT2D eigenvalue weighted by Crippen LogP contribution is -2.64. The maximum absolute atomic E-state index is 13.5. The first kappa shape index (κ1) is 47.8. The Morgan fingerprint density at radius 1 is 0.933 bits per heavy atom. The molecule has 5 rings (SSSR count). The number of nitrogens with two attached hydrogens (primary N) is 1. The minimum atomic E-state index is -0.869. The Hall–Kier alpha value is -3.26. The number of ether oxygens (including phenoxy) is 4. The third-order valence-corrected chi connectivity index (χ3v) is 15.8.